The third kappa shape index (κ3) is 2.70. The van der Waals surface area contributed by atoms with Crippen LogP contribution in [0.5, 0.6) is 0 Å². The first-order valence-electron chi connectivity index (χ1n) is 5.22. The van der Waals surface area contributed by atoms with Crippen molar-refractivity contribution in [1.82, 2.24) is 0 Å². The Morgan fingerprint density at radius 2 is 1.75 bits per heavy atom. The lowest BCUT2D eigenvalue weighted by molar-refractivity contribution is 0.104. The van der Waals surface area contributed by atoms with E-state index >= 15 is 0 Å². The minimum absolute atomic E-state index is 0.00176. The molecule has 0 radical (unpaired) electrons. The zero-order chi connectivity index (χ0) is 12.0. The van der Waals surface area contributed by atoms with Crippen molar-refractivity contribution in [3.8, 4) is 0 Å². The van der Waals surface area contributed by atoms with Crippen LogP contribution in [0.15, 0.2) is 41.8 Å². The van der Waals surface area contributed by atoms with Crippen molar-refractivity contribution < 1.29 is 4.79 Å². The molecule has 2 nitrogen and oxygen atoms in total. The zero-order valence-electron chi connectivity index (χ0n) is 9.44. The van der Waals surface area contributed by atoms with Crippen molar-refractivity contribution in [1.29, 1.82) is 0 Å². The fourth-order valence-electron chi connectivity index (χ4n) is 1.22. The lowest BCUT2D eigenvalue weighted by Gasteiger charge is -1.98. The molecular weight excluding hydrogens is 218 g/mol. The molecule has 0 saturated carbocycles. The summed E-state index contributed by atoms with van der Waals surface area (Å²) in [6.07, 6.45) is 0. The van der Waals surface area contributed by atoms with E-state index in [1.807, 2.05) is 37.4 Å². The summed E-state index contributed by atoms with van der Waals surface area (Å²) in [6, 6.07) is 10.9. The second kappa shape index (κ2) is 6.08. The van der Waals surface area contributed by atoms with E-state index in [0.29, 0.717) is 16.1 Å². The second-order valence-electron chi connectivity index (χ2n) is 2.90. The molecule has 2 aromatic rings. The largest absolute Gasteiger partial charge is 0.397 e. The van der Waals surface area contributed by atoms with Crippen molar-refractivity contribution in [3.63, 3.8) is 0 Å². The van der Waals surface area contributed by atoms with E-state index in [2.05, 4.69) is 0 Å². The molecule has 0 atom stereocenters. The monoisotopic (exact) mass is 233 g/mol. The SMILES string of the molecule is CC.Nc1ccsc1C(=O)c1ccccc1. The number of ketones is 1. The third-order valence-electron chi connectivity index (χ3n) is 1.94. The first-order chi connectivity index (χ1) is 7.79. The molecule has 3 heteroatoms. The minimum Gasteiger partial charge on any atom is -0.397 e. The van der Waals surface area contributed by atoms with Gasteiger partial charge in [-0.1, -0.05) is 44.2 Å². The summed E-state index contributed by atoms with van der Waals surface area (Å²) in [5, 5.41) is 1.82. The Morgan fingerprint density at radius 3 is 2.25 bits per heavy atom. The molecule has 0 amide bonds. The normalized spacial score (nSPS) is 9.12. The van der Waals surface area contributed by atoms with Crippen LogP contribution in [-0.4, -0.2) is 5.78 Å². The zero-order valence-corrected chi connectivity index (χ0v) is 10.3. The molecule has 1 heterocycles. The number of benzene rings is 1. The molecular formula is C13H15NOS. The molecule has 16 heavy (non-hydrogen) atoms. The number of anilines is 1. The molecule has 0 aliphatic rings. The number of hydrogen-bond acceptors (Lipinski definition) is 3. The van der Waals surface area contributed by atoms with Crippen molar-refractivity contribution >= 4 is 22.8 Å². The van der Waals surface area contributed by atoms with Gasteiger partial charge in [0.2, 0.25) is 5.78 Å². The molecule has 0 aliphatic carbocycles. The van der Waals surface area contributed by atoms with Gasteiger partial charge in [-0.05, 0) is 11.4 Å². The van der Waals surface area contributed by atoms with E-state index in [1.54, 1.807) is 18.2 Å². The van der Waals surface area contributed by atoms with Gasteiger partial charge < -0.3 is 5.73 Å². The average Bonchev–Trinajstić information content (AvgIpc) is 2.78. The van der Waals surface area contributed by atoms with Crippen LogP contribution >= 0.6 is 11.3 Å². The van der Waals surface area contributed by atoms with Crippen LogP contribution < -0.4 is 5.73 Å². The Kier molecular flexibility index (Phi) is 4.73. The fraction of sp³-hybridized carbons (Fsp3) is 0.154. The smallest absolute Gasteiger partial charge is 0.205 e. The molecule has 84 valence electrons. The van der Waals surface area contributed by atoms with Crippen LogP contribution in [0.4, 0.5) is 5.69 Å². The van der Waals surface area contributed by atoms with E-state index in [0.717, 1.165) is 0 Å². The highest BCUT2D eigenvalue weighted by molar-refractivity contribution is 7.12. The van der Waals surface area contributed by atoms with Gasteiger partial charge in [0, 0.05) is 5.56 Å². The van der Waals surface area contributed by atoms with Crippen molar-refractivity contribution in [3.05, 3.63) is 52.2 Å². The third-order valence-corrected chi connectivity index (χ3v) is 2.87. The summed E-state index contributed by atoms with van der Waals surface area (Å²) >= 11 is 1.38. The highest BCUT2D eigenvalue weighted by atomic mass is 32.1. The van der Waals surface area contributed by atoms with Crippen LogP contribution in [0, 0.1) is 0 Å². The Balaban J connectivity index is 0.000000606. The highest BCUT2D eigenvalue weighted by Gasteiger charge is 2.12. The molecule has 1 aromatic heterocycles. The lowest BCUT2D eigenvalue weighted by atomic mass is 10.1. The van der Waals surface area contributed by atoms with Crippen molar-refractivity contribution in [2.45, 2.75) is 13.8 Å². The molecule has 2 N–H and O–H groups in total. The van der Waals surface area contributed by atoms with Crippen LogP contribution in [0.25, 0.3) is 0 Å². The first kappa shape index (κ1) is 12.5. The number of carbonyl (C=O) groups excluding carboxylic acids is 1. The second-order valence-corrected chi connectivity index (χ2v) is 3.82. The van der Waals surface area contributed by atoms with Crippen LogP contribution in [0.3, 0.4) is 0 Å². The summed E-state index contributed by atoms with van der Waals surface area (Å²) in [4.78, 5) is 12.5. The Hall–Kier alpha value is -1.61. The standard InChI is InChI=1S/C11H9NOS.C2H6/c12-9-6-7-14-11(9)10(13)8-4-2-1-3-5-8;1-2/h1-7H,12H2;1-2H3. The summed E-state index contributed by atoms with van der Waals surface area (Å²) in [5.74, 6) is -0.00176. The average molecular weight is 233 g/mol. The van der Waals surface area contributed by atoms with Gasteiger partial charge in [0.15, 0.2) is 0 Å². The summed E-state index contributed by atoms with van der Waals surface area (Å²) < 4.78 is 0. The van der Waals surface area contributed by atoms with Crippen LogP contribution in [0.1, 0.15) is 29.1 Å². The number of hydrogen-bond donors (Lipinski definition) is 1. The van der Waals surface area contributed by atoms with E-state index < -0.39 is 0 Å². The van der Waals surface area contributed by atoms with E-state index in [9.17, 15) is 4.79 Å². The number of rotatable bonds is 2. The highest BCUT2D eigenvalue weighted by Crippen LogP contribution is 2.22. The minimum atomic E-state index is -0.00176. The van der Waals surface area contributed by atoms with E-state index in [-0.39, 0.29) is 5.78 Å². The summed E-state index contributed by atoms with van der Waals surface area (Å²) in [6.45, 7) is 4.00. The molecule has 0 bridgehead atoms. The van der Waals surface area contributed by atoms with Crippen LogP contribution in [-0.2, 0) is 0 Å². The van der Waals surface area contributed by atoms with Gasteiger partial charge in [-0.3, -0.25) is 4.79 Å². The van der Waals surface area contributed by atoms with E-state index in [1.165, 1.54) is 11.3 Å². The fourth-order valence-corrected chi connectivity index (χ4v) is 2.00. The predicted octanol–water partition coefficient (Wildman–Crippen LogP) is 3.59. The molecule has 0 unspecified atom stereocenters. The molecule has 2 rings (SSSR count). The quantitative estimate of drug-likeness (QED) is 0.805. The lowest BCUT2D eigenvalue weighted by Crippen LogP contribution is -2.01. The molecule has 0 saturated heterocycles. The first-order valence-corrected chi connectivity index (χ1v) is 6.09. The predicted molar refractivity (Wildman–Crippen MR) is 70.0 cm³/mol. The maximum absolute atomic E-state index is 11.9. The van der Waals surface area contributed by atoms with Gasteiger partial charge in [-0.2, -0.15) is 0 Å². The van der Waals surface area contributed by atoms with Crippen LogP contribution in [0.2, 0.25) is 0 Å². The number of nitrogens with two attached hydrogens (primary N) is 1. The summed E-state index contributed by atoms with van der Waals surface area (Å²) in [5.41, 5.74) is 6.91. The number of carbonyl (C=O) groups is 1. The van der Waals surface area contributed by atoms with Crippen molar-refractivity contribution in [2.24, 2.45) is 0 Å². The van der Waals surface area contributed by atoms with Crippen molar-refractivity contribution in [2.75, 3.05) is 5.73 Å². The Bertz CT molecular complexity index is 448. The Labute approximate surface area is 99.7 Å². The topological polar surface area (TPSA) is 43.1 Å². The molecule has 1 aromatic carbocycles. The number of thiophene rings is 1. The van der Waals surface area contributed by atoms with Gasteiger partial charge in [0.25, 0.3) is 0 Å². The van der Waals surface area contributed by atoms with Gasteiger partial charge in [-0.15, -0.1) is 11.3 Å². The molecule has 0 spiro atoms. The Morgan fingerprint density at radius 1 is 1.12 bits per heavy atom. The van der Waals surface area contributed by atoms with Gasteiger partial charge in [0.1, 0.15) is 0 Å². The molecule has 0 fully saturated rings. The maximum Gasteiger partial charge on any atom is 0.205 e. The van der Waals surface area contributed by atoms with E-state index in [4.69, 9.17) is 5.73 Å². The number of nitrogen functional groups attached to an aromatic ring is 1. The molecule has 0 aliphatic heterocycles. The maximum atomic E-state index is 11.9. The summed E-state index contributed by atoms with van der Waals surface area (Å²) in [7, 11) is 0. The van der Waals surface area contributed by atoms with Gasteiger partial charge in [0.05, 0.1) is 10.6 Å². The van der Waals surface area contributed by atoms with Gasteiger partial charge >= 0.3 is 0 Å². The van der Waals surface area contributed by atoms with Gasteiger partial charge in [-0.25, -0.2) is 0 Å².